The summed E-state index contributed by atoms with van der Waals surface area (Å²) in [5.41, 5.74) is 7.31. The van der Waals surface area contributed by atoms with Gasteiger partial charge in [0.05, 0.1) is 17.8 Å². The summed E-state index contributed by atoms with van der Waals surface area (Å²) in [6, 6.07) is 11.5. The van der Waals surface area contributed by atoms with Gasteiger partial charge in [-0.2, -0.15) is 0 Å². The first-order valence-electron chi connectivity index (χ1n) is 7.17. The highest BCUT2D eigenvalue weighted by Crippen LogP contribution is 2.27. The summed E-state index contributed by atoms with van der Waals surface area (Å²) in [5.74, 6) is -1.80. The van der Waals surface area contributed by atoms with Crippen LogP contribution in [0.5, 0.6) is 0 Å². The smallest absolute Gasteiger partial charge is 0.303 e. The maximum Gasteiger partial charge on any atom is 0.303 e. The molecule has 24 heavy (non-hydrogen) atoms. The molecule has 0 aliphatic heterocycles. The molecule has 1 atom stereocenters. The van der Waals surface area contributed by atoms with Crippen LogP contribution in [0.4, 0.5) is 11.4 Å². The third-order valence-electron chi connectivity index (χ3n) is 3.48. The van der Waals surface area contributed by atoms with Crippen molar-refractivity contribution in [1.29, 1.82) is 0 Å². The lowest BCUT2D eigenvalue weighted by atomic mass is 9.92. The molecule has 2 aromatic carbocycles. The number of halogens is 2. The van der Waals surface area contributed by atoms with Gasteiger partial charge in [-0.15, -0.1) is 0 Å². The van der Waals surface area contributed by atoms with Gasteiger partial charge >= 0.3 is 5.97 Å². The Hall–Kier alpha value is -2.24. The third-order valence-corrected chi connectivity index (χ3v) is 3.97. The number of carbonyl (C=O) groups excluding carboxylic acids is 1. The molecule has 2 aromatic rings. The van der Waals surface area contributed by atoms with Crippen LogP contribution in [0.15, 0.2) is 42.5 Å². The van der Waals surface area contributed by atoms with Crippen LogP contribution < -0.4 is 11.1 Å². The minimum Gasteiger partial charge on any atom is -0.481 e. The van der Waals surface area contributed by atoms with E-state index in [2.05, 4.69) is 5.32 Å². The maximum atomic E-state index is 12.3. The number of carboxylic acids is 1. The fourth-order valence-electron chi connectivity index (χ4n) is 2.32. The molecule has 0 saturated carbocycles. The average molecular weight is 367 g/mol. The van der Waals surface area contributed by atoms with Crippen molar-refractivity contribution in [2.45, 2.75) is 18.8 Å². The van der Waals surface area contributed by atoms with Crippen molar-refractivity contribution < 1.29 is 14.7 Å². The Bertz CT molecular complexity index is 748. The van der Waals surface area contributed by atoms with Gasteiger partial charge in [-0.3, -0.25) is 9.59 Å². The Morgan fingerprint density at radius 1 is 1.04 bits per heavy atom. The van der Waals surface area contributed by atoms with E-state index in [1.165, 1.54) is 0 Å². The quantitative estimate of drug-likeness (QED) is 0.669. The molecule has 0 radical (unpaired) electrons. The highest BCUT2D eigenvalue weighted by Gasteiger charge is 2.20. The van der Waals surface area contributed by atoms with Crippen molar-refractivity contribution in [2.24, 2.45) is 0 Å². The van der Waals surface area contributed by atoms with Gasteiger partial charge in [0.1, 0.15) is 0 Å². The van der Waals surface area contributed by atoms with Gasteiger partial charge in [0.2, 0.25) is 5.91 Å². The van der Waals surface area contributed by atoms with Crippen molar-refractivity contribution in [3.63, 3.8) is 0 Å². The molecule has 0 aromatic heterocycles. The molecule has 1 amide bonds. The van der Waals surface area contributed by atoms with E-state index in [0.717, 1.165) is 5.56 Å². The maximum absolute atomic E-state index is 12.3. The van der Waals surface area contributed by atoms with E-state index >= 15 is 0 Å². The van der Waals surface area contributed by atoms with E-state index in [0.29, 0.717) is 21.4 Å². The number of nitrogens with two attached hydrogens (primary N) is 1. The van der Waals surface area contributed by atoms with Crippen molar-refractivity contribution in [3.8, 4) is 0 Å². The second kappa shape index (κ2) is 8.04. The van der Waals surface area contributed by atoms with Gasteiger partial charge in [-0.1, -0.05) is 35.3 Å². The van der Waals surface area contributed by atoms with Crippen molar-refractivity contribution in [2.75, 3.05) is 11.1 Å². The molecule has 0 bridgehead atoms. The van der Waals surface area contributed by atoms with Crippen LogP contribution >= 0.6 is 23.2 Å². The zero-order chi connectivity index (χ0) is 17.7. The van der Waals surface area contributed by atoms with E-state index in [-0.39, 0.29) is 18.7 Å². The first-order valence-corrected chi connectivity index (χ1v) is 7.93. The molecular weight excluding hydrogens is 351 g/mol. The molecule has 1 unspecified atom stereocenters. The van der Waals surface area contributed by atoms with Crippen molar-refractivity contribution in [3.05, 3.63) is 58.1 Å². The van der Waals surface area contributed by atoms with E-state index < -0.39 is 11.9 Å². The summed E-state index contributed by atoms with van der Waals surface area (Å²) in [7, 11) is 0. The van der Waals surface area contributed by atoms with Crippen LogP contribution in [0.3, 0.4) is 0 Å². The molecule has 0 spiro atoms. The Kier molecular flexibility index (Phi) is 6.06. The molecule has 5 nitrogen and oxygen atoms in total. The lowest BCUT2D eigenvalue weighted by Crippen LogP contribution is -2.18. The van der Waals surface area contributed by atoms with Crippen LogP contribution in [-0.4, -0.2) is 17.0 Å². The zero-order valence-corrected chi connectivity index (χ0v) is 14.1. The lowest BCUT2D eigenvalue weighted by Gasteiger charge is -2.16. The highest BCUT2D eigenvalue weighted by atomic mass is 35.5. The predicted molar refractivity (Wildman–Crippen MR) is 95.6 cm³/mol. The normalized spacial score (nSPS) is 11.8. The second-order valence-electron chi connectivity index (χ2n) is 5.33. The first kappa shape index (κ1) is 18.1. The van der Waals surface area contributed by atoms with Crippen molar-refractivity contribution >= 4 is 46.5 Å². The third kappa shape index (κ3) is 5.15. The number of aliphatic carboxylic acids is 1. The summed E-state index contributed by atoms with van der Waals surface area (Å²) in [5, 5.41) is 12.7. The van der Waals surface area contributed by atoms with Crippen LogP contribution in [0.2, 0.25) is 10.0 Å². The topological polar surface area (TPSA) is 92.4 Å². The molecule has 0 heterocycles. The Morgan fingerprint density at radius 2 is 1.67 bits per heavy atom. The number of hydrogen-bond acceptors (Lipinski definition) is 3. The molecule has 0 aliphatic rings. The minimum absolute atomic E-state index is 0.000113. The van der Waals surface area contributed by atoms with Crippen LogP contribution in [0.1, 0.15) is 24.3 Å². The summed E-state index contributed by atoms with van der Waals surface area (Å²) < 4.78 is 0. The summed E-state index contributed by atoms with van der Waals surface area (Å²) in [6.07, 6.45) is -0.167. The highest BCUT2D eigenvalue weighted by molar-refractivity contribution is 6.31. The van der Waals surface area contributed by atoms with Gasteiger partial charge < -0.3 is 16.2 Å². The number of carbonyl (C=O) groups is 2. The Balaban J connectivity index is 2.13. The standard InChI is InChI=1S/C17H16Cl2N2O3/c18-12-3-1-10(2-4-12)11(8-17(23)24)7-16(22)21-15-9-13(19)5-6-14(15)20/h1-6,9,11H,7-8,20H2,(H,21,22)(H,23,24). The minimum atomic E-state index is -0.981. The number of benzene rings is 2. The molecule has 7 heteroatoms. The van der Waals surface area contributed by atoms with Crippen LogP contribution in [-0.2, 0) is 9.59 Å². The van der Waals surface area contributed by atoms with E-state index in [4.69, 9.17) is 34.0 Å². The molecule has 0 saturated heterocycles. The molecule has 0 aliphatic carbocycles. The fourth-order valence-corrected chi connectivity index (χ4v) is 2.61. The number of nitrogens with one attached hydrogen (secondary N) is 1. The molecule has 4 N–H and O–H groups in total. The SMILES string of the molecule is Nc1ccc(Cl)cc1NC(=O)CC(CC(=O)O)c1ccc(Cl)cc1. The van der Waals surface area contributed by atoms with Gasteiger partial charge in [0, 0.05) is 22.4 Å². The Labute approximate surface area is 149 Å². The van der Waals surface area contributed by atoms with Crippen LogP contribution in [0.25, 0.3) is 0 Å². The van der Waals surface area contributed by atoms with Gasteiger partial charge in [0.15, 0.2) is 0 Å². The van der Waals surface area contributed by atoms with Gasteiger partial charge in [-0.25, -0.2) is 0 Å². The summed E-state index contributed by atoms with van der Waals surface area (Å²) in [6.45, 7) is 0. The first-order chi connectivity index (χ1) is 11.3. The summed E-state index contributed by atoms with van der Waals surface area (Å²) >= 11 is 11.7. The van der Waals surface area contributed by atoms with E-state index in [9.17, 15) is 9.59 Å². The number of anilines is 2. The number of hydrogen-bond donors (Lipinski definition) is 3. The second-order valence-corrected chi connectivity index (χ2v) is 6.20. The molecule has 0 fully saturated rings. The lowest BCUT2D eigenvalue weighted by molar-refractivity contribution is -0.137. The predicted octanol–water partition coefficient (Wildman–Crippen LogP) is 4.16. The molecular formula is C17H16Cl2N2O3. The monoisotopic (exact) mass is 366 g/mol. The van der Waals surface area contributed by atoms with E-state index in [1.807, 2.05) is 0 Å². The average Bonchev–Trinajstić information content (AvgIpc) is 2.50. The van der Waals surface area contributed by atoms with Crippen LogP contribution in [0, 0.1) is 0 Å². The largest absolute Gasteiger partial charge is 0.481 e. The fraction of sp³-hybridized carbons (Fsp3) is 0.176. The number of amides is 1. The number of carboxylic acid groups (broad SMARTS) is 1. The van der Waals surface area contributed by atoms with E-state index in [1.54, 1.807) is 42.5 Å². The number of nitrogen functional groups attached to an aromatic ring is 1. The number of rotatable bonds is 6. The zero-order valence-electron chi connectivity index (χ0n) is 12.6. The molecule has 2 rings (SSSR count). The summed E-state index contributed by atoms with van der Waals surface area (Å²) in [4.78, 5) is 23.4. The van der Waals surface area contributed by atoms with Crippen molar-refractivity contribution in [1.82, 2.24) is 0 Å². The van der Waals surface area contributed by atoms with Gasteiger partial charge in [0.25, 0.3) is 0 Å². The molecule has 126 valence electrons. The Morgan fingerprint density at radius 3 is 2.29 bits per heavy atom. The van der Waals surface area contributed by atoms with Gasteiger partial charge in [-0.05, 0) is 35.9 Å².